The van der Waals surface area contributed by atoms with Crippen molar-refractivity contribution in [2.75, 3.05) is 11.5 Å². The van der Waals surface area contributed by atoms with Gasteiger partial charge in [-0.15, -0.1) is 0 Å². The topological polar surface area (TPSA) is 85.3 Å². The van der Waals surface area contributed by atoms with E-state index in [0.29, 0.717) is 16.5 Å². The standard InChI is InChI=1S/C15H13ClN4O3/c1-2-23-12(21)7-10-13-14(18-6-5-17-13)15(22)20(10)11-4-3-9(16)8-19-11/h3-6,8,10H,2,7H2,1H3. The molecule has 1 aliphatic heterocycles. The molecule has 1 aliphatic rings. The van der Waals surface area contributed by atoms with Crippen molar-refractivity contribution in [3.63, 3.8) is 0 Å². The predicted molar refractivity (Wildman–Crippen MR) is 82.1 cm³/mol. The zero-order valence-corrected chi connectivity index (χ0v) is 13.0. The largest absolute Gasteiger partial charge is 0.466 e. The van der Waals surface area contributed by atoms with E-state index in [1.165, 1.54) is 23.5 Å². The maximum Gasteiger partial charge on any atom is 0.308 e. The monoisotopic (exact) mass is 332 g/mol. The Hall–Kier alpha value is -2.54. The first-order valence-electron chi connectivity index (χ1n) is 7.03. The minimum absolute atomic E-state index is 0.0183. The van der Waals surface area contributed by atoms with Crippen molar-refractivity contribution in [2.45, 2.75) is 19.4 Å². The van der Waals surface area contributed by atoms with E-state index in [1.54, 1.807) is 19.1 Å². The zero-order chi connectivity index (χ0) is 16.4. The van der Waals surface area contributed by atoms with Gasteiger partial charge in [-0.1, -0.05) is 11.6 Å². The van der Waals surface area contributed by atoms with Crippen molar-refractivity contribution < 1.29 is 14.3 Å². The van der Waals surface area contributed by atoms with E-state index in [0.717, 1.165) is 0 Å². The van der Waals surface area contributed by atoms with Crippen molar-refractivity contribution in [3.05, 3.63) is 47.1 Å². The van der Waals surface area contributed by atoms with Crippen molar-refractivity contribution in [1.82, 2.24) is 15.0 Å². The maximum atomic E-state index is 12.6. The van der Waals surface area contributed by atoms with E-state index in [4.69, 9.17) is 16.3 Å². The summed E-state index contributed by atoms with van der Waals surface area (Å²) in [5.41, 5.74) is 0.667. The number of fused-ring (bicyclic) bond motifs is 1. The molecule has 0 fully saturated rings. The maximum absolute atomic E-state index is 12.6. The number of esters is 1. The molecule has 0 N–H and O–H groups in total. The molecule has 0 radical (unpaired) electrons. The second kappa shape index (κ2) is 6.29. The van der Waals surface area contributed by atoms with Gasteiger partial charge in [0, 0.05) is 18.6 Å². The van der Waals surface area contributed by atoms with E-state index in [9.17, 15) is 9.59 Å². The number of hydrogen-bond acceptors (Lipinski definition) is 6. The molecule has 1 unspecified atom stereocenters. The average Bonchev–Trinajstić information content (AvgIpc) is 2.82. The lowest BCUT2D eigenvalue weighted by molar-refractivity contribution is -0.143. The molecule has 1 amide bonds. The summed E-state index contributed by atoms with van der Waals surface area (Å²) in [7, 11) is 0. The van der Waals surface area contributed by atoms with Crippen molar-refractivity contribution in [1.29, 1.82) is 0 Å². The molecule has 23 heavy (non-hydrogen) atoms. The second-order valence-electron chi connectivity index (χ2n) is 4.82. The number of aromatic nitrogens is 3. The molecule has 1 atom stereocenters. The highest BCUT2D eigenvalue weighted by atomic mass is 35.5. The third-order valence-corrected chi connectivity index (χ3v) is 3.62. The fourth-order valence-corrected chi connectivity index (χ4v) is 2.59. The van der Waals surface area contributed by atoms with Gasteiger partial charge in [-0.2, -0.15) is 0 Å². The van der Waals surface area contributed by atoms with Crippen molar-refractivity contribution >= 4 is 29.3 Å². The highest BCUT2D eigenvalue weighted by molar-refractivity contribution is 6.30. The average molecular weight is 333 g/mol. The van der Waals surface area contributed by atoms with Crippen molar-refractivity contribution in [2.24, 2.45) is 0 Å². The molecule has 2 aromatic heterocycles. The van der Waals surface area contributed by atoms with E-state index in [2.05, 4.69) is 15.0 Å². The van der Waals surface area contributed by atoms with Crippen LogP contribution in [0.1, 0.15) is 35.6 Å². The molecule has 0 spiro atoms. The minimum atomic E-state index is -0.598. The number of nitrogens with zero attached hydrogens (tertiary/aromatic N) is 4. The van der Waals surface area contributed by atoms with Crippen LogP contribution in [0.2, 0.25) is 5.02 Å². The van der Waals surface area contributed by atoms with Gasteiger partial charge in [0.15, 0.2) is 5.69 Å². The molecule has 118 valence electrons. The first-order valence-corrected chi connectivity index (χ1v) is 7.41. The Bertz CT molecular complexity index is 751. The third kappa shape index (κ3) is 2.87. The normalized spacial score (nSPS) is 16.3. The van der Waals surface area contributed by atoms with Gasteiger partial charge in [0.05, 0.1) is 29.8 Å². The van der Waals surface area contributed by atoms with Crippen LogP contribution < -0.4 is 4.90 Å². The molecule has 7 nitrogen and oxygen atoms in total. The SMILES string of the molecule is CCOC(=O)CC1c2nccnc2C(=O)N1c1ccc(Cl)cn1. The fraction of sp³-hybridized carbons (Fsp3) is 0.267. The number of amides is 1. The Morgan fingerprint density at radius 3 is 2.78 bits per heavy atom. The predicted octanol–water partition coefficient (Wildman–Crippen LogP) is 2.18. The van der Waals surface area contributed by atoms with Crippen LogP contribution in [0.25, 0.3) is 0 Å². The van der Waals surface area contributed by atoms with Crippen LogP contribution in [0.5, 0.6) is 0 Å². The van der Waals surface area contributed by atoms with Gasteiger partial charge >= 0.3 is 5.97 Å². The molecule has 0 saturated carbocycles. The Kier molecular flexibility index (Phi) is 4.20. The number of ether oxygens (including phenoxy) is 1. The molecule has 0 saturated heterocycles. The van der Waals surface area contributed by atoms with Crippen LogP contribution in [0, 0.1) is 0 Å². The van der Waals surface area contributed by atoms with Crippen LogP contribution in [0.4, 0.5) is 5.82 Å². The lowest BCUT2D eigenvalue weighted by Gasteiger charge is -2.22. The third-order valence-electron chi connectivity index (χ3n) is 3.40. The number of pyridine rings is 1. The fourth-order valence-electron chi connectivity index (χ4n) is 2.48. The van der Waals surface area contributed by atoms with E-state index >= 15 is 0 Å². The van der Waals surface area contributed by atoms with Crippen LogP contribution >= 0.6 is 11.6 Å². The number of carbonyl (C=O) groups is 2. The smallest absolute Gasteiger partial charge is 0.308 e. The lowest BCUT2D eigenvalue weighted by Crippen LogP contribution is -2.30. The van der Waals surface area contributed by atoms with Gasteiger partial charge < -0.3 is 4.74 Å². The van der Waals surface area contributed by atoms with Gasteiger partial charge in [-0.3, -0.25) is 19.5 Å². The van der Waals surface area contributed by atoms with Gasteiger partial charge in [0.25, 0.3) is 5.91 Å². The van der Waals surface area contributed by atoms with E-state index < -0.39 is 12.0 Å². The van der Waals surface area contributed by atoms with Gasteiger partial charge in [0.2, 0.25) is 0 Å². The Morgan fingerprint density at radius 2 is 2.09 bits per heavy atom. The number of anilines is 1. The summed E-state index contributed by atoms with van der Waals surface area (Å²) in [5, 5.41) is 0.455. The summed E-state index contributed by atoms with van der Waals surface area (Å²) in [6.07, 6.45) is 4.35. The van der Waals surface area contributed by atoms with Gasteiger partial charge in [-0.25, -0.2) is 9.97 Å². The van der Waals surface area contributed by atoms with Crippen LogP contribution in [-0.2, 0) is 9.53 Å². The Morgan fingerprint density at radius 1 is 1.30 bits per heavy atom. The Labute approximate surface area is 137 Å². The molecule has 8 heteroatoms. The van der Waals surface area contributed by atoms with E-state index in [-0.39, 0.29) is 24.6 Å². The highest BCUT2D eigenvalue weighted by Crippen LogP contribution is 2.36. The number of halogens is 1. The molecule has 2 aromatic rings. The summed E-state index contributed by atoms with van der Waals surface area (Å²) < 4.78 is 4.99. The number of carbonyl (C=O) groups excluding carboxylic acids is 2. The summed E-state index contributed by atoms with van der Waals surface area (Å²) >= 11 is 5.84. The zero-order valence-electron chi connectivity index (χ0n) is 12.3. The summed E-state index contributed by atoms with van der Waals surface area (Å²) in [4.78, 5) is 38.4. The molecule has 0 aromatic carbocycles. The molecule has 0 bridgehead atoms. The van der Waals surface area contributed by atoms with Crippen molar-refractivity contribution in [3.8, 4) is 0 Å². The first-order chi connectivity index (χ1) is 11.1. The highest BCUT2D eigenvalue weighted by Gasteiger charge is 2.42. The molecule has 3 heterocycles. The molecule has 3 rings (SSSR count). The Balaban J connectivity index is 2.00. The first kappa shape index (κ1) is 15.4. The number of rotatable bonds is 4. The lowest BCUT2D eigenvalue weighted by atomic mass is 10.1. The van der Waals surface area contributed by atoms with Gasteiger partial charge in [-0.05, 0) is 19.1 Å². The summed E-state index contributed by atoms with van der Waals surface area (Å²) in [6.45, 7) is 2.00. The molecular weight excluding hydrogens is 320 g/mol. The van der Waals surface area contributed by atoms with E-state index in [1.807, 2.05) is 0 Å². The molecule has 0 aliphatic carbocycles. The molecular formula is C15H13ClN4O3. The summed E-state index contributed by atoms with van der Waals surface area (Å²) in [5.74, 6) is -0.381. The second-order valence-corrected chi connectivity index (χ2v) is 5.26. The minimum Gasteiger partial charge on any atom is -0.466 e. The van der Waals surface area contributed by atoms with Crippen LogP contribution in [-0.4, -0.2) is 33.4 Å². The van der Waals surface area contributed by atoms with Gasteiger partial charge in [0.1, 0.15) is 5.82 Å². The summed E-state index contributed by atoms with van der Waals surface area (Å²) in [6, 6.07) is 2.64. The number of hydrogen-bond donors (Lipinski definition) is 0. The quantitative estimate of drug-likeness (QED) is 0.798. The van der Waals surface area contributed by atoms with Crippen LogP contribution in [0.3, 0.4) is 0 Å². The van der Waals surface area contributed by atoms with Crippen LogP contribution in [0.15, 0.2) is 30.7 Å².